The predicted molar refractivity (Wildman–Crippen MR) is 148 cm³/mol. The average molecular weight is 550 g/mol. The highest BCUT2D eigenvalue weighted by Crippen LogP contribution is 2.52. The quantitative estimate of drug-likeness (QED) is 0.294. The van der Waals surface area contributed by atoms with Gasteiger partial charge in [0.2, 0.25) is 5.78 Å². The number of primary amides is 1. The number of likely N-dealkylation sites (N-methyl/N-ethyl adjacent to an activating group) is 1. The normalized spacial score (nSPS) is 25.8. The molecule has 1 amide bonds. The summed E-state index contributed by atoms with van der Waals surface area (Å²) in [7, 11) is 3.14. The van der Waals surface area contributed by atoms with Crippen LogP contribution in [0.25, 0.3) is 5.76 Å². The smallest absolute Gasteiger partial charge is 0.255 e. The predicted octanol–water partition coefficient (Wildman–Crippen LogP) is 1.89. The van der Waals surface area contributed by atoms with E-state index in [-0.39, 0.29) is 37.2 Å². The number of hydrogen-bond acceptors (Lipinski definition) is 9. The Morgan fingerprint density at radius 2 is 1.75 bits per heavy atom. The van der Waals surface area contributed by atoms with E-state index < -0.39 is 58.0 Å². The maximum absolute atomic E-state index is 13.9. The Morgan fingerprint density at radius 3 is 2.38 bits per heavy atom. The van der Waals surface area contributed by atoms with Crippen LogP contribution >= 0.6 is 0 Å². The number of fused-ring (bicyclic) bond motifs is 3. The van der Waals surface area contributed by atoms with Gasteiger partial charge in [-0.1, -0.05) is 43.8 Å². The lowest BCUT2D eigenvalue weighted by molar-refractivity contribution is -0.153. The second kappa shape index (κ2) is 10.5. The largest absolute Gasteiger partial charge is 0.508 e. The Kier molecular flexibility index (Phi) is 7.64. The van der Waals surface area contributed by atoms with E-state index in [1.807, 2.05) is 30.3 Å². The van der Waals surface area contributed by atoms with Crippen molar-refractivity contribution in [3.63, 3.8) is 0 Å². The van der Waals surface area contributed by atoms with E-state index in [1.54, 1.807) is 20.2 Å². The zero-order chi connectivity index (χ0) is 28.2. The summed E-state index contributed by atoms with van der Waals surface area (Å²) in [6.07, 6.45) is 0.309. The minimum atomic E-state index is -2.64. The number of carbonyl (C=O) groups is 3. The van der Waals surface area contributed by atoms with E-state index in [1.165, 1.54) is 11.0 Å². The molecule has 40 heavy (non-hydrogen) atoms. The number of phenolic OH excluding ortho intramolecular Hbond substituents is 1. The Hall–Kier alpha value is -3.99. The van der Waals surface area contributed by atoms with Crippen LogP contribution in [0.15, 0.2) is 59.4 Å². The molecule has 0 heterocycles. The highest BCUT2D eigenvalue weighted by molar-refractivity contribution is 6.24. The molecule has 3 aliphatic carbocycles. The van der Waals surface area contributed by atoms with E-state index >= 15 is 0 Å². The van der Waals surface area contributed by atoms with Crippen LogP contribution in [0.1, 0.15) is 36.1 Å². The Balaban J connectivity index is 0.00000370. The first-order valence-electron chi connectivity index (χ1n) is 12.7. The summed E-state index contributed by atoms with van der Waals surface area (Å²) in [4.78, 5) is 40.6. The van der Waals surface area contributed by atoms with E-state index in [0.29, 0.717) is 18.7 Å². The fourth-order valence-electron chi connectivity index (χ4n) is 6.41. The molecule has 5 rings (SSSR count). The molecule has 1 saturated carbocycles. The molecule has 0 aliphatic heterocycles. The molecule has 2 aromatic rings. The molecule has 0 unspecified atom stereocenters. The van der Waals surface area contributed by atoms with Gasteiger partial charge < -0.3 is 31.5 Å². The lowest BCUT2D eigenvalue weighted by atomic mass is 9.57. The van der Waals surface area contributed by atoms with E-state index in [4.69, 9.17) is 5.73 Å². The number of phenols is 1. The number of carbonyl (C=O) groups excluding carboxylic acids is 3. The van der Waals surface area contributed by atoms with Crippen molar-refractivity contribution in [3.05, 3.63) is 81.6 Å². The standard InChI is InChI=1S/C29H31N3O7.CH4/c1-32(2)23-18-11-16-10-17-15(13-31-12-14-6-4-3-5-7-14)8-9-19(33)21(17)24(34)20(16)26(36)29(18,39)27(37)22(25(23)35)28(30)38;/h3-9,16,18,23,31,33-34,37,39H,10-13H2,1-2H3,(H2,30,38);1H4/t16-,18-,23+,29-;/m0./s1. The summed E-state index contributed by atoms with van der Waals surface area (Å²) in [6, 6.07) is 11.9. The van der Waals surface area contributed by atoms with Crippen molar-refractivity contribution in [1.29, 1.82) is 0 Å². The van der Waals surface area contributed by atoms with Gasteiger partial charge in [0.15, 0.2) is 11.4 Å². The number of aliphatic hydroxyl groups is 3. The SMILES string of the molecule is C.CN(C)[C@H]1C(=O)C(C(N)=O)=C(O)[C@@]2(O)C(=O)C3=C(O)c4c(O)ccc(CNCc5ccccc5)c4C[C@H]3C[C@@H]12. The van der Waals surface area contributed by atoms with Crippen molar-refractivity contribution < 1.29 is 34.8 Å². The molecule has 10 heteroatoms. The number of hydrogen-bond donors (Lipinski definition) is 6. The molecule has 0 radical (unpaired) electrons. The zero-order valence-electron chi connectivity index (χ0n) is 21.6. The minimum absolute atomic E-state index is 0. The third-order valence-electron chi connectivity index (χ3n) is 8.19. The van der Waals surface area contributed by atoms with Crippen LogP contribution in [-0.2, 0) is 33.9 Å². The molecular formula is C30H35N3O7. The summed E-state index contributed by atoms with van der Waals surface area (Å²) in [5.41, 5.74) is 4.37. The van der Waals surface area contributed by atoms with Crippen LogP contribution in [0.4, 0.5) is 0 Å². The van der Waals surface area contributed by atoms with E-state index in [0.717, 1.165) is 11.1 Å². The summed E-state index contributed by atoms with van der Waals surface area (Å²) >= 11 is 0. The van der Waals surface area contributed by atoms with Gasteiger partial charge >= 0.3 is 0 Å². The van der Waals surface area contributed by atoms with Crippen LogP contribution in [0.2, 0.25) is 0 Å². The van der Waals surface area contributed by atoms with Gasteiger partial charge in [0.05, 0.1) is 11.6 Å². The maximum Gasteiger partial charge on any atom is 0.255 e. The highest BCUT2D eigenvalue weighted by atomic mass is 16.3. The minimum Gasteiger partial charge on any atom is -0.508 e. The molecule has 7 N–H and O–H groups in total. The molecule has 4 atom stereocenters. The molecule has 10 nitrogen and oxygen atoms in total. The maximum atomic E-state index is 13.9. The topological polar surface area (TPSA) is 173 Å². The number of Topliss-reactive ketones (excluding diaryl/α,β-unsaturated/α-hetero) is 2. The summed E-state index contributed by atoms with van der Waals surface area (Å²) in [6.45, 7) is 1.03. The lowest BCUT2D eigenvalue weighted by Crippen LogP contribution is -2.65. The Bertz CT molecular complexity index is 1450. The number of benzene rings is 2. The molecule has 1 fully saturated rings. The third kappa shape index (κ3) is 4.28. The molecule has 3 aliphatic rings. The van der Waals surface area contributed by atoms with Crippen molar-refractivity contribution in [1.82, 2.24) is 10.2 Å². The van der Waals surface area contributed by atoms with Crippen LogP contribution < -0.4 is 11.1 Å². The first-order valence-corrected chi connectivity index (χ1v) is 12.7. The van der Waals surface area contributed by atoms with Gasteiger partial charge in [0, 0.05) is 24.6 Å². The fraction of sp³-hybridized carbons (Fsp3) is 0.367. The first kappa shape index (κ1) is 29.0. The summed E-state index contributed by atoms with van der Waals surface area (Å²) < 4.78 is 0. The molecule has 0 aromatic heterocycles. The zero-order valence-corrected chi connectivity index (χ0v) is 21.6. The number of nitrogens with two attached hydrogens (primary N) is 1. The lowest BCUT2D eigenvalue weighted by Gasteiger charge is -2.50. The fourth-order valence-corrected chi connectivity index (χ4v) is 6.41. The van der Waals surface area contributed by atoms with Gasteiger partial charge in [-0.2, -0.15) is 0 Å². The molecule has 0 spiro atoms. The van der Waals surface area contributed by atoms with Gasteiger partial charge in [-0.25, -0.2) is 0 Å². The van der Waals surface area contributed by atoms with Crippen LogP contribution in [0.3, 0.4) is 0 Å². The number of aromatic hydroxyl groups is 1. The Morgan fingerprint density at radius 1 is 1.07 bits per heavy atom. The monoisotopic (exact) mass is 549 g/mol. The van der Waals surface area contributed by atoms with Crippen molar-refractivity contribution in [2.75, 3.05) is 14.1 Å². The van der Waals surface area contributed by atoms with Crippen molar-refractivity contribution >= 4 is 23.2 Å². The molecule has 0 bridgehead atoms. The number of nitrogens with one attached hydrogen (secondary N) is 1. The van der Waals surface area contributed by atoms with Gasteiger partial charge in [-0.05, 0) is 55.6 Å². The number of aliphatic hydroxyl groups excluding tert-OH is 2. The second-order valence-electron chi connectivity index (χ2n) is 10.6. The average Bonchev–Trinajstić information content (AvgIpc) is 2.87. The Labute approximate surface area is 232 Å². The molecule has 0 saturated heterocycles. The van der Waals surface area contributed by atoms with Crippen molar-refractivity contribution in [2.45, 2.75) is 45.0 Å². The van der Waals surface area contributed by atoms with Gasteiger partial charge in [-0.3, -0.25) is 19.3 Å². The van der Waals surface area contributed by atoms with Gasteiger partial charge in [-0.15, -0.1) is 0 Å². The van der Waals surface area contributed by atoms with Gasteiger partial charge in [0.1, 0.15) is 22.8 Å². The number of rotatable bonds is 6. The molecular weight excluding hydrogens is 514 g/mol. The van der Waals surface area contributed by atoms with Crippen molar-refractivity contribution in [3.8, 4) is 5.75 Å². The third-order valence-corrected chi connectivity index (χ3v) is 8.19. The van der Waals surface area contributed by atoms with Gasteiger partial charge in [0.25, 0.3) is 5.91 Å². The van der Waals surface area contributed by atoms with Crippen molar-refractivity contribution in [2.24, 2.45) is 17.6 Å². The van der Waals surface area contributed by atoms with Crippen LogP contribution in [-0.4, -0.2) is 68.5 Å². The summed E-state index contributed by atoms with van der Waals surface area (Å²) in [5.74, 6) is -6.58. The van der Waals surface area contributed by atoms with Crippen LogP contribution in [0.5, 0.6) is 5.75 Å². The van der Waals surface area contributed by atoms with Crippen LogP contribution in [0, 0.1) is 11.8 Å². The van der Waals surface area contributed by atoms with E-state index in [9.17, 15) is 34.8 Å². The number of amides is 1. The molecule has 2 aromatic carbocycles. The number of nitrogens with zero attached hydrogens (tertiary/aromatic N) is 1. The first-order chi connectivity index (χ1) is 18.5. The summed E-state index contributed by atoms with van der Waals surface area (Å²) in [5, 5.41) is 48.0. The number of ketones is 2. The highest BCUT2D eigenvalue weighted by Gasteiger charge is 2.64. The molecule has 212 valence electrons. The van der Waals surface area contributed by atoms with E-state index in [2.05, 4.69) is 5.32 Å². The second-order valence-corrected chi connectivity index (χ2v) is 10.6.